The highest BCUT2D eigenvalue weighted by atomic mass is 32.2. The molecule has 0 aromatic rings. The van der Waals surface area contributed by atoms with Crippen LogP contribution in [0.1, 0.15) is 0 Å². The fourth-order valence-corrected chi connectivity index (χ4v) is 1.46. The molecule has 0 atom stereocenters. The number of hydrogen-bond acceptors (Lipinski definition) is 4. The molecule has 0 N–H and O–H groups in total. The van der Waals surface area contributed by atoms with Crippen molar-refractivity contribution < 1.29 is 17.4 Å². The molecule has 0 aromatic heterocycles. The highest BCUT2D eigenvalue weighted by Gasteiger charge is 2.26. The van der Waals surface area contributed by atoms with E-state index in [1.54, 1.807) is 4.90 Å². The molecule has 1 saturated heterocycles. The van der Waals surface area contributed by atoms with E-state index in [-0.39, 0.29) is 12.5 Å². The van der Waals surface area contributed by atoms with Crippen molar-refractivity contribution in [2.24, 2.45) is 5.92 Å². The van der Waals surface area contributed by atoms with E-state index in [1.165, 1.54) is 0 Å². The van der Waals surface area contributed by atoms with Crippen molar-refractivity contribution in [3.05, 3.63) is 0 Å². The summed E-state index contributed by atoms with van der Waals surface area (Å²) in [6, 6.07) is 0. The van der Waals surface area contributed by atoms with E-state index in [1.807, 2.05) is 0 Å². The Morgan fingerprint density at radius 3 is 2.58 bits per heavy atom. The molecule has 0 aliphatic carbocycles. The molecule has 1 heterocycles. The van der Waals surface area contributed by atoms with E-state index in [2.05, 4.69) is 4.18 Å². The van der Waals surface area contributed by atoms with Crippen LogP contribution >= 0.6 is 0 Å². The van der Waals surface area contributed by atoms with Crippen LogP contribution in [0.2, 0.25) is 0 Å². The van der Waals surface area contributed by atoms with Gasteiger partial charge in [0.1, 0.15) is 0 Å². The van der Waals surface area contributed by atoms with Gasteiger partial charge in [0.05, 0.1) is 12.9 Å². The minimum absolute atomic E-state index is 0.171. The van der Waals surface area contributed by atoms with Crippen LogP contribution in [0.3, 0.4) is 0 Å². The lowest BCUT2D eigenvalue weighted by Crippen LogP contribution is -2.47. The second kappa shape index (κ2) is 3.40. The molecular formula is C6H11NO4S. The molecule has 0 saturated carbocycles. The molecular weight excluding hydrogens is 182 g/mol. The van der Waals surface area contributed by atoms with Crippen LogP contribution < -0.4 is 0 Å². The van der Waals surface area contributed by atoms with E-state index in [9.17, 15) is 13.2 Å². The van der Waals surface area contributed by atoms with Crippen molar-refractivity contribution in [2.45, 2.75) is 0 Å². The first-order chi connectivity index (χ1) is 5.51. The predicted molar refractivity (Wildman–Crippen MR) is 41.9 cm³/mol. The summed E-state index contributed by atoms with van der Waals surface area (Å²) < 4.78 is 25.6. The van der Waals surface area contributed by atoms with Gasteiger partial charge in [-0.05, 0) is 0 Å². The first kappa shape index (κ1) is 9.47. The zero-order chi connectivity index (χ0) is 9.19. The summed E-state index contributed by atoms with van der Waals surface area (Å²) in [6.45, 7) is 1.38. The SMILES string of the molecule is CS(=O)(=O)OCC1CN(C=O)C1. The van der Waals surface area contributed by atoms with E-state index < -0.39 is 10.1 Å². The van der Waals surface area contributed by atoms with Crippen LogP contribution in [-0.4, -0.2) is 45.7 Å². The molecule has 0 spiro atoms. The number of nitrogens with zero attached hydrogens (tertiary/aromatic N) is 1. The molecule has 12 heavy (non-hydrogen) atoms. The number of hydrogen-bond donors (Lipinski definition) is 0. The van der Waals surface area contributed by atoms with E-state index in [4.69, 9.17) is 0 Å². The van der Waals surface area contributed by atoms with Gasteiger partial charge in [-0.3, -0.25) is 8.98 Å². The third-order valence-electron chi connectivity index (χ3n) is 1.65. The van der Waals surface area contributed by atoms with Crippen LogP contribution in [0.4, 0.5) is 0 Å². The Labute approximate surface area is 71.4 Å². The largest absolute Gasteiger partial charge is 0.344 e. The molecule has 1 amide bonds. The Morgan fingerprint density at radius 1 is 1.58 bits per heavy atom. The highest BCUT2D eigenvalue weighted by Crippen LogP contribution is 2.13. The molecule has 5 nitrogen and oxygen atoms in total. The molecule has 0 bridgehead atoms. The van der Waals surface area contributed by atoms with Gasteiger partial charge in [-0.15, -0.1) is 0 Å². The fourth-order valence-electron chi connectivity index (χ4n) is 1.02. The van der Waals surface area contributed by atoms with Gasteiger partial charge in [-0.1, -0.05) is 0 Å². The average Bonchev–Trinajstić information content (AvgIpc) is 1.82. The lowest BCUT2D eigenvalue weighted by molar-refractivity contribution is -0.124. The summed E-state index contributed by atoms with van der Waals surface area (Å²) in [7, 11) is -3.33. The van der Waals surface area contributed by atoms with Gasteiger partial charge in [-0.25, -0.2) is 0 Å². The molecule has 0 aromatic carbocycles. The van der Waals surface area contributed by atoms with E-state index in [0.29, 0.717) is 13.1 Å². The van der Waals surface area contributed by atoms with Crippen molar-refractivity contribution in [2.75, 3.05) is 26.0 Å². The Kier molecular flexibility index (Phi) is 2.69. The van der Waals surface area contributed by atoms with Crippen molar-refractivity contribution in [1.82, 2.24) is 4.90 Å². The quantitative estimate of drug-likeness (QED) is 0.426. The third-order valence-corrected chi connectivity index (χ3v) is 2.22. The minimum atomic E-state index is -3.33. The predicted octanol–water partition coefficient (Wildman–Crippen LogP) is -0.949. The van der Waals surface area contributed by atoms with Crippen LogP contribution in [-0.2, 0) is 19.1 Å². The number of likely N-dealkylation sites (tertiary alicyclic amines) is 1. The highest BCUT2D eigenvalue weighted by molar-refractivity contribution is 7.85. The number of amides is 1. The maximum Gasteiger partial charge on any atom is 0.264 e. The van der Waals surface area contributed by atoms with Gasteiger partial charge in [0.25, 0.3) is 10.1 Å². The maximum absolute atomic E-state index is 10.5. The van der Waals surface area contributed by atoms with Gasteiger partial charge in [0.15, 0.2) is 0 Å². The lowest BCUT2D eigenvalue weighted by Gasteiger charge is -2.35. The molecule has 1 aliphatic heterocycles. The molecule has 1 aliphatic rings. The molecule has 70 valence electrons. The Balaban J connectivity index is 2.16. The molecule has 0 radical (unpaired) electrons. The Bertz CT molecular complexity index is 255. The fraction of sp³-hybridized carbons (Fsp3) is 0.833. The number of carbonyl (C=O) groups is 1. The first-order valence-corrected chi connectivity index (χ1v) is 5.36. The minimum Gasteiger partial charge on any atom is -0.344 e. The van der Waals surface area contributed by atoms with E-state index in [0.717, 1.165) is 12.7 Å². The lowest BCUT2D eigenvalue weighted by atomic mass is 10.0. The van der Waals surface area contributed by atoms with Gasteiger partial charge in [-0.2, -0.15) is 8.42 Å². The molecule has 0 unspecified atom stereocenters. The number of rotatable bonds is 4. The first-order valence-electron chi connectivity index (χ1n) is 3.55. The molecule has 1 rings (SSSR count). The van der Waals surface area contributed by atoms with Crippen molar-refractivity contribution in [3.63, 3.8) is 0 Å². The van der Waals surface area contributed by atoms with Gasteiger partial charge >= 0.3 is 0 Å². The summed E-state index contributed by atoms with van der Waals surface area (Å²) in [5.74, 6) is 0.171. The average molecular weight is 193 g/mol. The van der Waals surface area contributed by atoms with Crippen LogP contribution in [0.25, 0.3) is 0 Å². The van der Waals surface area contributed by atoms with E-state index >= 15 is 0 Å². The Morgan fingerprint density at radius 2 is 2.17 bits per heavy atom. The van der Waals surface area contributed by atoms with Gasteiger partial charge in [0, 0.05) is 19.0 Å². The summed E-state index contributed by atoms with van der Waals surface area (Å²) in [4.78, 5) is 11.7. The van der Waals surface area contributed by atoms with Crippen molar-refractivity contribution in [3.8, 4) is 0 Å². The zero-order valence-corrected chi connectivity index (χ0v) is 7.58. The van der Waals surface area contributed by atoms with Crippen LogP contribution in [0.5, 0.6) is 0 Å². The zero-order valence-electron chi connectivity index (χ0n) is 6.76. The summed E-state index contributed by atoms with van der Waals surface area (Å²) in [5.41, 5.74) is 0. The third kappa shape index (κ3) is 2.78. The molecule has 1 fully saturated rings. The van der Waals surface area contributed by atoms with Crippen molar-refractivity contribution in [1.29, 1.82) is 0 Å². The second-order valence-corrected chi connectivity index (χ2v) is 4.56. The smallest absolute Gasteiger partial charge is 0.264 e. The summed E-state index contributed by atoms with van der Waals surface area (Å²) >= 11 is 0. The van der Waals surface area contributed by atoms with Crippen molar-refractivity contribution >= 4 is 16.5 Å². The van der Waals surface area contributed by atoms with Crippen LogP contribution in [0, 0.1) is 5.92 Å². The maximum atomic E-state index is 10.5. The van der Waals surface area contributed by atoms with Crippen LogP contribution in [0.15, 0.2) is 0 Å². The normalized spacial score (nSPS) is 18.9. The second-order valence-electron chi connectivity index (χ2n) is 2.91. The summed E-state index contributed by atoms with van der Waals surface area (Å²) in [5, 5.41) is 0. The Hall–Kier alpha value is -0.620. The topological polar surface area (TPSA) is 63.7 Å². The monoisotopic (exact) mass is 193 g/mol. The van der Waals surface area contributed by atoms with Gasteiger partial charge in [0.2, 0.25) is 6.41 Å². The molecule has 6 heteroatoms. The van der Waals surface area contributed by atoms with Gasteiger partial charge < -0.3 is 4.90 Å². The summed E-state index contributed by atoms with van der Waals surface area (Å²) in [6.07, 6.45) is 1.76. The number of carbonyl (C=O) groups excluding carboxylic acids is 1. The standard InChI is InChI=1S/C6H11NO4S/c1-12(9,10)11-4-6-2-7(3-6)5-8/h5-6H,2-4H2,1H3.